The van der Waals surface area contributed by atoms with Crippen LogP contribution < -0.4 is 15.1 Å². The fourth-order valence-electron chi connectivity index (χ4n) is 4.20. The van der Waals surface area contributed by atoms with Crippen molar-refractivity contribution in [2.24, 2.45) is 0 Å². The standard InChI is InChI=1S/C22H28N8O2/c1-27(2)16-8-9-29(15-16)21-7-6-19-23-14-17(30(19)26-21)22(31)25-18-4-3-5-20(24-18)28-10-12-32-13-11-28/h3-7,14,16H,8-13,15H2,1-2H3,(H,24,25,31). The molecule has 3 aromatic rings. The third kappa shape index (κ3) is 4.11. The zero-order valence-corrected chi connectivity index (χ0v) is 18.4. The molecule has 5 rings (SSSR count). The predicted octanol–water partition coefficient (Wildman–Crippen LogP) is 1.35. The van der Waals surface area contributed by atoms with E-state index in [9.17, 15) is 4.79 Å². The zero-order valence-electron chi connectivity index (χ0n) is 18.4. The highest BCUT2D eigenvalue weighted by molar-refractivity contribution is 6.02. The molecule has 32 heavy (non-hydrogen) atoms. The second-order valence-corrected chi connectivity index (χ2v) is 8.39. The van der Waals surface area contributed by atoms with Crippen LogP contribution in [0.15, 0.2) is 36.5 Å². The first-order chi connectivity index (χ1) is 15.6. The number of hydrogen-bond acceptors (Lipinski definition) is 8. The number of carbonyl (C=O) groups excluding carboxylic acids is 1. The number of aromatic nitrogens is 4. The summed E-state index contributed by atoms with van der Waals surface area (Å²) in [6.45, 7) is 4.79. The van der Waals surface area contributed by atoms with Crippen molar-refractivity contribution in [1.82, 2.24) is 24.5 Å². The summed E-state index contributed by atoms with van der Waals surface area (Å²) in [5.74, 6) is 1.88. The lowest BCUT2D eigenvalue weighted by Crippen LogP contribution is -2.36. The quantitative estimate of drug-likeness (QED) is 0.641. The highest BCUT2D eigenvalue weighted by Gasteiger charge is 2.25. The Balaban J connectivity index is 1.35. The van der Waals surface area contributed by atoms with Crippen LogP contribution in [0, 0.1) is 0 Å². The number of hydrogen-bond donors (Lipinski definition) is 1. The van der Waals surface area contributed by atoms with Crippen LogP contribution in [-0.4, -0.2) is 89.9 Å². The minimum Gasteiger partial charge on any atom is -0.378 e. The van der Waals surface area contributed by atoms with Gasteiger partial charge >= 0.3 is 0 Å². The van der Waals surface area contributed by atoms with Gasteiger partial charge in [-0.3, -0.25) is 4.79 Å². The van der Waals surface area contributed by atoms with Gasteiger partial charge in [-0.15, -0.1) is 5.10 Å². The van der Waals surface area contributed by atoms with Crippen LogP contribution in [0.25, 0.3) is 5.65 Å². The van der Waals surface area contributed by atoms with Crippen molar-refractivity contribution in [2.75, 3.05) is 68.6 Å². The number of rotatable bonds is 5. The fourth-order valence-corrected chi connectivity index (χ4v) is 4.20. The second-order valence-electron chi connectivity index (χ2n) is 8.39. The Morgan fingerprint density at radius 3 is 2.72 bits per heavy atom. The number of anilines is 3. The van der Waals surface area contributed by atoms with E-state index < -0.39 is 0 Å². The third-order valence-corrected chi connectivity index (χ3v) is 6.11. The van der Waals surface area contributed by atoms with Crippen molar-refractivity contribution in [3.8, 4) is 0 Å². The normalized spacial score (nSPS) is 19.2. The number of nitrogens with one attached hydrogen (secondary N) is 1. The number of carbonyl (C=O) groups is 1. The van der Waals surface area contributed by atoms with Crippen molar-refractivity contribution in [2.45, 2.75) is 12.5 Å². The predicted molar refractivity (Wildman–Crippen MR) is 123 cm³/mol. The molecule has 168 valence electrons. The molecule has 0 bridgehead atoms. The lowest BCUT2D eigenvalue weighted by atomic mass is 10.2. The van der Waals surface area contributed by atoms with Gasteiger partial charge in [0.1, 0.15) is 17.5 Å². The van der Waals surface area contributed by atoms with E-state index in [0.717, 1.165) is 44.2 Å². The zero-order chi connectivity index (χ0) is 22.1. The first kappa shape index (κ1) is 20.7. The van der Waals surface area contributed by atoms with Crippen LogP contribution >= 0.6 is 0 Å². The number of pyridine rings is 1. The highest BCUT2D eigenvalue weighted by Crippen LogP contribution is 2.21. The Bertz CT molecular complexity index is 1110. The highest BCUT2D eigenvalue weighted by atomic mass is 16.5. The van der Waals surface area contributed by atoms with Gasteiger partial charge in [-0.1, -0.05) is 6.07 Å². The van der Waals surface area contributed by atoms with Gasteiger partial charge in [0.2, 0.25) is 0 Å². The van der Waals surface area contributed by atoms with Gasteiger partial charge in [0, 0.05) is 32.2 Å². The molecule has 10 nitrogen and oxygen atoms in total. The molecule has 10 heteroatoms. The van der Waals surface area contributed by atoms with E-state index in [1.165, 1.54) is 0 Å². The summed E-state index contributed by atoms with van der Waals surface area (Å²) in [6, 6.07) is 10.00. The van der Waals surface area contributed by atoms with Crippen LogP contribution in [0.4, 0.5) is 17.5 Å². The van der Waals surface area contributed by atoms with Crippen molar-refractivity contribution in [1.29, 1.82) is 0 Å². The van der Waals surface area contributed by atoms with Crippen LogP contribution in [0.1, 0.15) is 16.9 Å². The van der Waals surface area contributed by atoms with Gasteiger partial charge < -0.3 is 24.8 Å². The third-order valence-electron chi connectivity index (χ3n) is 6.11. The van der Waals surface area contributed by atoms with Gasteiger partial charge in [0.05, 0.1) is 19.4 Å². The van der Waals surface area contributed by atoms with Crippen LogP contribution in [0.5, 0.6) is 0 Å². The maximum absolute atomic E-state index is 13.0. The van der Waals surface area contributed by atoms with Crippen LogP contribution in [-0.2, 0) is 4.74 Å². The van der Waals surface area contributed by atoms with Crippen molar-refractivity contribution >= 4 is 29.0 Å². The SMILES string of the molecule is CN(C)C1CCN(c2ccc3ncc(C(=O)Nc4cccc(N5CCOCC5)n4)n3n2)C1. The molecule has 2 fully saturated rings. The van der Waals surface area contributed by atoms with E-state index in [1.807, 2.05) is 24.3 Å². The topological polar surface area (TPSA) is 91.1 Å². The number of likely N-dealkylation sites (N-methyl/N-ethyl adjacent to an activating group) is 1. The maximum Gasteiger partial charge on any atom is 0.277 e. The molecule has 2 saturated heterocycles. The lowest BCUT2D eigenvalue weighted by molar-refractivity contribution is 0.102. The number of imidazole rings is 1. The Morgan fingerprint density at radius 2 is 1.94 bits per heavy atom. The second kappa shape index (κ2) is 8.71. The van der Waals surface area contributed by atoms with Crippen LogP contribution in [0.2, 0.25) is 0 Å². The Morgan fingerprint density at radius 1 is 1.09 bits per heavy atom. The van der Waals surface area contributed by atoms with Gasteiger partial charge in [0.25, 0.3) is 5.91 Å². The van der Waals surface area contributed by atoms with Gasteiger partial charge in [-0.2, -0.15) is 0 Å². The smallest absolute Gasteiger partial charge is 0.277 e. The van der Waals surface area contributed by atoms with E-state index >= 15 is 0 Å². The summed E-state index contributed by atoms with van der Waals surface area (Å²) < 4.78 is 7.02. The molecule has 0 spiro atoms. The summed E-state index contributed by atoms with van der Waals surface area (Å²) in [5, 5.41) is 7.62. The minimum atomic E-state index is -0.290. The summed E-state index contributed by atoms with van der Waals surface area (Å²) >= 11 is 0. The molecule has 2 aliphatic rings. The van der Waals surface area contributed by atoms with Crippen molar-refractivity contribution < 1.29 is 9.53 Å². The van der Waals surface area contributed by atoms with Crippen molar-refractivity contribution in [3.05, 3.63) is 42.2 Å². The molecule has 1 amide bonds. The van der Waals surface area contributed by atoms with Crippen molar-refractivity contribution in [3.63, 3.8) is 0 Å². The Kier molecular flexibility index (Phi) is 5.62. The lowest BCUT2D eigenvalue weighted by Gasteiger charge is -2.27. The number of ether oxygens (including phenoxy) is 1. The minimum absolute atomic E-state index is 0.290. The van der Waals surface area contributed by atoms with E-state index in [1.54, 1.807) is 16.8 Å². The first-order valence-corrected chi connectivity index (χ1v) is 11.0. The largest absolute Gasteiger partial charge is 0.378 e. The Hall–Kier alpha value is -3.24. The van der Waals surface area contributed by atoms with Gasteiger partial charge in [-0.25, -0.2) is 14.5 Å². The average molecular weight is 437 g/mol. The molecule has 0 aliphatic carbocycles. The number of morpholine rings is 1. The summed E-state index contributed by atoms with van der Waals surface area (Å²) in [6.07, 6.45) is 2.65. The molecule has 3 aromatic heterocycles. The molecule has 1 atom stereocenters. The van der Waals surface area contributed by atoms with Crippen LogP contribution in [0.3, 0.4) is 0 Å². The molecule has 1 unspecified atom stereocenters. The number of amides is 1. The average Bonchev–Trinajstić information content (AvgIpc) is 3.47. The molecular formula is C22H28N8O2. The monoisotopic (exact) mass is 436 g/mol. The van der Waals surface area contributed by atoms with E-state index in [4.69, 9.17) is 9.84 Å². The summed E-state index contributed by atoms with van der Waals surface area (Å²) in [4.78, 5) is 28.6. The maximum atomic E-state index is 13.0. The van der Waals surface area contributed by atoms with E-state index in [0.29, 0.717) is 36.4 Å². The Labute approximate surface area is 186 Å². The molecule has 0 saturated carbocycles. The number of nitrogens with zero attached hydrogens (tertiary/aromatic N) is 7. The molecular weight excluding hydrogens is 408 g/mol. The number of fused-ring (bicyclic) bond motifs is 1. The summed E-state index contributed by atoms with van der Waals surface area (Å²) in [7, 11) is 4.20. The molecule has 1 N–H and O–H groups in total. The van der Waals surface area contributed by atoms with E-state index in [2.05, 4.69) is 44.1 Å². The molecule has 2 aliphatic heterocycles. The van der Waals surface area contributed by atoms with Gasteiger partial charge in [0.15, 0.2) is 11.3 Å². The van der Waals surface area contributed by atoms with Gasteiger partial charge in [-0.05, 0) is 44.8 Å². The molecule has 0 aromatic carbocycles. The molecule has 5 heterocycles. The summed E-state index contributed by atoms with van der Waals surface area (Å²) in [5.41, 5.74) is 1.01. The first-order valence-electron chi connectivity index (χ1n) is 11.0. The molecule has 0 radical (unpaired) electrons. The van der Waals surface area contributed by atoms with E-state index in [-0.39, 0.29) is 5.91 Å². The fraction of sp³-hybridized carbons (Fsp3) is 0.455.